The van der Waals surface area contributed by atoms with Crippen LogP contribution in [0.5, 0.6) is 5.75 Å². The summed E-state index contributed by atoms with van der Waals surface area (Å²) in [6, 6.07) is 6.35. The summed E-state index contributed by atoms with van der Waals surface area (Å²) in [6.45, 7) is 4.28. The molecule has 0 aliphatic heterocycles. The SMILES string of the molecule is CC(C)COC(=O)c1ccccc1O.[H-].[Na+]. The van der Waals surface area contributed by atoms with Crippen LogP contribution >= 0.6 is 0 Å². The fourth-order valence-corrected chi connectivity index (χ4v) is 0.966. The van der Waals surface area contributed by atoms with Crippen molar-refractivity contribution in [3.8, 4) is 5.75 Å². The van der Waals surface area contributed by atoms with Gasteiger partial charge in [0, 0.05) is 0 Å². The smallest absolute Gasteiger partial charge is 1.00 e. The summed E-state index contributed by atoms with van der Waals surface area (Å²) in [5, 5.41) is 9.35. The van der Waals surface area contributed by atoms with E-state index >= 15 is 0 Å². The molecule has 78 valence electrons. The molecule has 1 aromatic rings. The zero-order valence-corrected chi connectivity index (χ0v) is 11.4. The number of ether oxygens (including phenoxy) is 1. The van der Waals surface area contributed by atoms with E-state index in [2.05, 4.69) is 0 Å². The van der Waals surface area contributed by atoms with Gasteiger partial charge in [-0.25, -0.2) is 4.79 Å². The van der Waals surface area contributed by atoms with Crippen LogP contribution in [0.3, 0.4) is 0 Å². The van der Waals surface area contributed by atoms with E-state index in [-0.39, 0.29) is 42.3 Å². The molecule has 0 heterocycles. The number of phenols is 1. The van der Waals surface area contributed by atoms with E-state index in [0.717, 1.165) is 0 Å². The molecule has 0 aliphatic rings. The molecule has 0 amide bonds. The Morgan fingerprint density at radius 2 is 2.07 bits per heavy atom. The fraction of sp³-hybridized carbons (Fsp3) is 0.364. The fourth-order valence-electron chi connectivity index (χ4n) is 0.966. The minimum Gasteiger partial charge on any atom is -1.00 e. The molecule has 15 heavy (non-hydrogen) atoms. The van der Waals surface area contributed by atoms with Gasteiger partial charge in [0.1, 0.15) is 11.3 Å². The Labute approximate surface area is 113 Å². The number of hydrogen-bond donors (Lipinski definition) is 1. The second-order valence-electron chi connectivity index (χ2n) is 3.51. The average molecular weight is 218 g/mol. The van der Waals surface area contributed by atoms with E-state index in [9.17, 15) is 9.90 Å². The number of carbonyl (C=O) groups is 1. The molecular weight excluding hydrogens is 203 g/mol. The van der Waals surface area contributed by atoms with Crippen LogP contribution in [0.1, 0.15) is 25.6 Å². The van der Waals surface area contributed by atoms with Crippen LogP contribution in [0.2, 0.25) is 0 Å². The Kier molecular flexibility index (Phi) is 6.65. The van der Waals surface area contributed by atoms with Gasteiger partial charge in [-0.2, -0.15) is 0 Å². The molecule has 0 atom stereocenters. The van der Waals surface area contributed by atoms with Gasteiger partial charge in [0.05, 0.1) is 6.61 Å². The van der Waals surface area contributed by atoms with Gasteiger partial charge in [-0.15, -0.1) is 0 Å². The first-order valence-electron chi connectivity index (χ1n) is 4.56. The molecule has 1 N–H and O–H groups in total. The van der Waals surface area contributed by atoms with Crippen LogP contribution < -0.4 is 29.6 Å². The van der Waals surface area contributed by atoms with E-state index in [0.29, 0.717) is 12.5 Å². The Hall–Kier alpha value is -0.510. The minimum absolute atomic E-state index is 0. The maximum absolute atomic E-state index is 11.4. The maximum Gasteiger partial charge on any atom is 1.00 e. The zero-order chi connectivity index (χ0) is 10.6. The van der Waals surface area contributed by atoms with Crippen molar-refractivity contribution in [2.24, 2.45) is 5.92 Å². The van der Waals surface area contributed by atoms with Crippen molar-refractivity contribution in [2.45, 2.75) is 13.8 Å². The van der Waals surface area contributed by atoms with Crippen molar-refractivity contribution < 1.29 is 45.6 Å². The van der Waals surface area contributed by atoms with Gasteiger partial charge in [0.25, 0.3) is 0 Å². The normalized spacial score (nSPS) is 9.53. The van der Waals surface area contributed by atoms with Crippen LogP contribution in [0, 0.1) is 5.92 Å². The molecule has 0 aliphatic carbocycles. The number of para-hydroxylation sites is 1. The molecule has 0 spiro atoms. The molecule has 3 nitrogen and oxygen atoms in total. The van der Waals surface area contributed by atoms with E-state index in [1.165, 1.54) is 12.1 Å². The van der Waals surface area contributed by atoms with Gasteiger partial charge in [-0.05, 0) is 18.1 Å². The largest absolute Gasteiger partial charge is 1.00 e. The third kappa shape index (κ3) is 4.69. The molecule has 0 radical (unpaired) electrons. The Bertz CT molecular complexity index is 329. The molecule has 1 aromatic carbocycles. The number of carbonyl (C=O) groups excluding carboxylic acids is 1. The summed E-state index contributed by atoms with van der Waals surface area (Å²) in [5.41, 5.74) is 0.216. The van der Waals surface area contributed by atoms with E-state index in [4.69, 9.17) is 4.74 Å². The molecule has 0 saturated carbocycles. The molecule has 0 unspecified atom stereocenters. The molecular formula is C11H15NaO3. The van der Waals surface area contributed by atoms with Crippen molar-refractivity contribution in [3.05, 3.63) is 29.8 Å². The Morgan fingerprint density at radius 3 is 2.60 bits per heavy atom. The number of rotatable bonds is 3. The van der Waals surface area contributed by atoms with Crippen LogP contribution in [0.15, 0.2) is 24.3 Å². The first-order valence-corrected chi connectivity index (χ1v) is 4.56. The summed E-state index contributed by atoms with van der Waals surface area (Å²) in [6.07, 6.45) is 0. The van der Waals surface area contributed by atoms with Crippen LogP contribution in [-0.2, 0) is 4.74 Å². The molecule has 0 fully saturated rings. The molecule has 1 rings (SSSR count). The molecule has 0 aromatic heterocycles. The van der Waals surface area contributed by atoms with Crippen molar-refractivity contribution in [3.63, 3.8) is 0 Å². The van der Waals surface area contributed by atoms with Gasteiger partial charge in [-0.3, -0.25) is 0 Å². The third-order valence-electron chi connectivity index (χ3n) is 1.67. The molecule has 0 bridgehead atoms. The summed E-state index contributed by atoms with van der Waals surface area (Å²) in [4.78, 5) is 11.4. The van der Waals surface area contributed by atoms with E-state index < -0.39 is 5.97 Å². The summed E-state index contributed by atoms with van der Waals surface area (Å²) >= 11 is 0. The van der Waals surface area contributed by atoms with Gasteiger partial charge in [0.15, 0.2) is 0 Å². The van der Waals surface area contributed by atoms with Crippen LogP contribution in [0.4, 0.5) is 0 Å². The Balaban J connectivity index is 0. The van der Waals surface area contributed by atoms with E-state index in [1.54, 1.807) is 12.1 Å². The third-order valence-corrected chi connectivity index (χ3v) is 1.67. The van der Waals surface area contributed by atoms with Crippen molar-refractivity contribution >= 4 is 5.97 Å². The second kappa shape index (κ2) is 6.88. The van der Waals surface area contributed by atoms with Gasteiger partial charge >= 0.3 is 35.5 Å². The average Bonchev–Trinajstić information content (AvgIpc) is 2.15. The quantitative estimate of drug-likeness (QED) is 0.540. The van der Waals surface area contributed by atoms with Crippen LogP contribution in [0.25, 0.3) is 0 Å². The number of hydrogen-bond acceptors (Lipinski definition) is 3. The summed E-state index contributed by atoms with van der Waals surface area (Å²) in [5.74, 6) is -0.220. The number of esters is 1. The molecule has 0 saturated heterocycles. The van der Waals surface area contributed by atoms with Crippen molar-refractivity contribution in [1.82, 2.24) is 0 Å². The predicted octanol–water partition coefficient (Wildman–Crippen LogP) is -0.678. The predicted molar refractivity (Wildman–Crippen MR) is 54.3 cm³/mol. The first-order chi connectivity index (χ1) is 6.61. The zero-order valence-electron chi connectivity index (χ0n) is 10.4. The number of phenolic OH excluding ortho intramolecular Hbond substituents is 1. The summed E-state index contributed by atoms with van der Waals surface area (Å²) < 4.78 is 4.97. The van der Waals surface area contributed by atoms with Gasteiger partial charge < -0.3 is 11.3 Å². The monoisotopic (exact) mass is 218 g/mol. The maximum atomic E-state index is 11.4. The number of aromatic hydroxyl groups is 1. The number of benzene rings is 1. The minimum atomic E-state index is -0.475. The standard InChI is InChI=1S/C11H14O3.Na.H/c1-8(2)7-14-11(13)9-5-3-4-6-10(9)12;;/h3-6,8,12H,7H2,1-2H3;;/q;+1;-1. The van der Waals surface area contributed by atoms with Gasteiger partial charge in [0.2, 0.25) is 0 Å². The summed E-state index contributed by atoms with van der Waals surface area (Å²) in [7, 11) is 0. The van der Waals surface area contributed by atoms with E-state index in [1.807, 2.05) is 13.8 Å². The Morgan fingerprint density at radius 1 is 1.47 bits per heavy atom. The van der Waals surface area contributed by atoms with Gasteiger partial charge in [-0.1, -0.05) is 26.0 Å². The topological polar surface area (TPSA) is 46.5 Å². The van der Waals surface area contributed by atoms with Crippen LogP contribution in [-0.4, -0.2) is 17.7 Å². The van der Waals surface area contributed by atoms with Crippen molar-refractivity contribution in [1.29, 1.82) is 0 Å². The second-order valence-corrected chi connectivity index (χ2v) is 3.51. The molecule has 4 heteroatoms. The van der Waals surface area contributed by atoms with Crippen molar-refractivity contribution in [2.75, 3.05) is 6.61 Å². The first kappa shape index (κ1) is 14.5.